The number of carbonyl (C=O) groups excluding carboxylic acids is 2. The van der Waals surface area contributed by atoms with E-state index in [0.717, 1.165) is 0 Å². The molecule has 5 nitrogen and oxygen atoms in total. The first-order valence-corrected chi connectivity index (χ1v) is 6.12. The van der Waals surface area contributed by atoms with Crippen LogP contribution in [-0.4, -0.2) is 37.2 Å². The molecule has 0 aliphatic carbocycles. The van der Waals surface area contributed by atoms with Crippen molar-refractivity contribution in [3.8, 4) is 0 Å². The summed E-state index contributed by atoms with van der Waals surface area (Å²) >= 11 is 0. The van der Waals surface area contributed by atoms with E-state index in [0.29, 0.717) is 13.2 Å². The molecule has 1 aliphatic rings. The highest BCUT2D eigenvalue weighted by atomic mass is 16.5. The first-order valence-electron chi connectivity index (χ1n) is 6.12. The number of carbonyl (C=O) groups is 2. The molecule has 4 atom stereocenters. The Morgan fingerprint density at radius 2 is 1.59 bits per heavy atom. The highest BCUT2D eigenvalue weighted by Gasteiger charge is 2.46. The van der Waals surface area contributed by atoms with Crippen molar-refractivity contribution in [1.29, 1.82) is 0 Å². The highest BCUT2D eigenvalue weighted by molar-refractivity contribution is 5.81. The maximum Gasteiger partial charge on any atom is 0.323 e. The Kier molecular flexibility index (Phi) is 4.93. The van der Waals surface area contributed by atoms with E-state index in [4.69, 9.17) is 9.47 Å². The SMILES string of the molecule is CCOC(=O)C1NC(C)C(C(=O)OCC)C1C. The van der Waals surface area contributed by atoms with Crippen LogP contribution in [-0.2, 0) is 19.1 Å². The molecule has 0 aromatic heterocycles. The Bertz CT molecular complexity index is 292. The van der Waals surface area contributed by atoms with Gasteiger partial charge in [-0.3, -0.25) is 9.59 Å². The molecule has 0 radical (unpaired) electrons. The van der Waals surface area contributed by atoms with Gasteiger partial charge < -0.3 is 14.8 Å². The summed E-state index contributed by atoms with van der Waals surface area (Å²) in [6.07, 6.45) is 0. The van der Waals surface area contributed by atoms with Gasteiger partial charge in [0.25, 0.3) is 0 Å². The second-order valence-electron chi connectivity index (χ2n) is 4.32. The predicted molar refractivity (Wildman–Crippen MR) is 62.3 cm³/mol. The normalized spacial score (nSPS) is 32.2. The Morgan fingerprint density at radius 1 is 1.06 bits per heavy atom. The number of ether oxygens (including phenoxy) is 2. The third-order valence-corrected chi connectivity index (χ3v) is 3.17. The summed E-state index contributed by atoms with van der Waals surface area (Å²) in [5.74, 6) is -0.932. The topological polar surface area (TPSA) is 64.6 Å². The molecule has 0 amide bonds. The number of esters is 2. The van der Waals surface area contributed by atoms with E-state index in [9.17, 15) is 9.59 Å². The molecule has 1 rings (SSSR count). The molecule has 1 heterocycles. The lowest BCUT2D eigenvalue weighted by molar-refractivity contribution is -0.150. The summed E-state index contributed by atoms with van der Waals surface area (Å²) in [6.45, 7) is 8.01. The molecule has 5 heteroatoms. The van der Waals surface area contributed by atoms with Crippen molar-refractivity contribution in [2.75, 3.05) is 13.2 Å². The van der Waals surface area contributed by atoms with Crippen LogP contribution in [0.1, 0.15) is 27.7 Å². The maximum absolute atomic E-state index is 11.8. The van der Waals surface area contributed by atoms with E-state index >= 15 is 0 Å². The number of rotatable bonds is 4. The minimum absolute atomic E-state index is 0.0709. The average molecular weight is 243 g/mol. The van der Waals surface area contributed by atoms with Gasteiger partial charge in [0.1, 0.15) is 6.04 Å². The van der Waals surface area contributed by atoms with Gasteiger partial charge in [-0.25, -0.2) is 0 Å². The Labute approximate surface area is 102 Å². The predicted octanol–water partition coefficient (Wildman–Crippen LogP) is 0.725. The van der Waals surface area contributed by atoms with Crippen molar-refractivity contribution in [2.24, 2.45) is 11.8 Å². The van der Waals surface area contributed by atoms with Gasteiger partial charge in [0, 0.05) is 6.04 Å². The van der Waals surface area contributed by atoms with Gasteiger partial charge in [-0.15, -0.1) is 0 Å². The summed E-state index contributed by atoms with van der Waals surface area (Å²) in [5.41, 5.74) is 0. The second-order valence-corrected chi connectivity index (χ2v) is 4.32. The van der Waals surface area contributed by atoms with Crippen LogP contribution in [0.25, 0.3) is 0 Å². The highest BCUT2D eigenvalue weighted by Crippen LogP contribution is 2.29. The minimum Gasteiger partial charge on any atom is -0.466 e. The number of hydrogen-bond donors (Lipinski definition) is 1. The van der Waals surface area contributed by atoms with E-state index in [2.05, 4.69) is 5.32 Å². The van der Waals surface area contributed by atoms with Crippen LogP contribution < -0.4 is 5.32 Å². The largest absolute Gasteiger partial charge is 0.466 e. The van der Waals surface area contributed by atoms with Crippen LogP contribution in [0.5, 0.6) is 0 Å². The first kappa shape index (κ1) is 14.0. The van der Waals surface area contributed by atoms with E-state index in [1.165, 1.54) is 0 Å². The van der Waals surface area contributed by atoms with Gasteiger partial charge in [0.2, 0.25) is 0 Å². The van der Waals surface area contributed by atoms with Crippen LogP contribution in [0, 0.1) is 11.8 Å². The quantitative estimate of drug-likeness (QED) is 0.737. The van der Waals surface area contributed by atoms with Crippen LogP contribution in [0.3, 0.4) is 0 Å². The van der Waals surface area contributed by atoms with E-state index in [1.54, 1.807) is 13.8 Å². The average Bonchev–Trinajstić information content (AvgIpc) is 2.55. The fourth-order valence-corrected chi connectivity index (χ4v) is 2.37. The number of nitrogens with one attached hydrogen (secondary N) is 1. The van der Waals surface area contributed by atoms with Crippen LogP contribution in [0.15, 0.2) is 0 Å². The van der Waals surface area contributed by atoms with Crippen molar-refractivity contribution in [3.63, 3.8) is 0 Å². The second kappa shape index (κ2) is 6.00. The molecule has 0 bridgehead atoms. The fourth-order valence-electron chi connectivity index (χ4n) is 2.37. The lowest BCUT2D eigenvalue weighted by atomic mass is 9.89. The zero-order valence-corrected chi connectivity index (χ0v) is 10.9. The molecule has 0 spiro atoms. The summed E-state index contributed by atoms with van der Waals surface area (Å²) < 4.78 is 10.0. The van der Waals surface area contributed by atoms with Crippen molar-refractivity contribution in [3.05, 3.63) is 0 Å². The third kappa shape index (κ3) is 2.97. The molecular weight excluding hydrogens is 222 g/mol. The maximum atomic E-state index is 11.8. The summed E-state index contributed by atoms with van der Waals surface area (Å²) in [7, 11) is 0. The molecule has 1 aliphatic heterocycles. The van der Waals surface area contributed by atoms with Gasteiger partial charge in [-0.1, -0.05) is 6.92 Å². The van der Waals surface area contributed by atoms with Gasteiger partial charge >= 0.3 is 11.9 Å². The lowest BCUT2D eigenvalue weighted by Crippen LogP contribution is -2.38. The molecule has 1 saturated heterocycles. The fraction of sp³-hybridized carbons (Fsp3) is 0.833. The summed E-state index contributed by atoms with van der Waals surface area (Å²) in [5, 5.41) is 3.10. The monoisotopic (exact) mass is 243 g/mol. The van der Waals surface area contributed by atoms with Crippen LogP contribution in [0.2, 0.25) is 0 Å². The molecule has 17 heavy (non-hydrogen) atoms. The molecular formula is C12H21NO4. The van der Waals surface area contributed by atoms with E-state index in [-0.39, 0.29) is 29.8 Å². The first-order chi connectivity index (χ1) is 8.02. The Balaban J connectivity index is 2.70. The zero-order valence-electron chi connectivity index (χ0n) is 10.9. The number of hydrogen-bond acceptors (Lipinski definition) is 5. The Morgan fingerprint density at radius 3 is 2.12 bits per heavy atom. The van der Waals surface area contributed by atoms with Crippen molar-refractivity contribution >= 4 is 11.9 Å². The van der Waals surface area contributed by atoms with Gasteiger partial charge in [-0.05, 0) is 26.7 Å². The molecule has 0 aromatic rings. The minimum atomic E-state index is -0.417. The summed E-state index contributed by atoms with van der Waals surface area (Å²) in [4.78, 5) is 23.5. The standard InChI is InChI=1S/C12H21NO4/c1-5-16-11(14)9-7(3)10(13-8(9)4)12(15)17-6-2/h7-10,13H,5-6H2,1-4H3. The van der Waals surface area contributed by atoms with Crippen LogP contribution in [0.4, 0.5) is 0 Å². The van der Waals surface area contributed by atoms with Crippen molar-refractivity contribution in [1.82, 2.24) is 5.32 Å². The summed E-state index contributed by atoms with van der Waals surface area (Å²) in [6, 6.07) is -0.488. The van der Waals surface area contributed by atoms with Gasteiger partial charge in [-0.2, -0.15) is 0 Å². The molecule has 98 valence electrons. The molecule has 0 saturated carbocycles. The molecule has 0 aromatic carbocycles. The molecule has 1 fully saturated rings. The molecule has 4 unspecified atom stereocenters. The van der Waals surface area contributed by atoms with E-state index < -0.39 is 6.04 Å². The lowest BCUT2D eigenvalue weighted by Gasteiger charge is -2.18. The van der Waals surface area contributed by atoms with Gasteiger partial charge in [0.05, 0.1) is 19.1 Å². The van der Waals surface area contributed by atoms with Crippen molar-refractivity contribution in [2.45, 2.75) is 39.8 Å². The van der Waals surface area contributed by atoms with E-state index in [1.807, 2.05) is 13.8 Å². The Hall–Kier alpha value is -1.10. The zero-order chi connectivity index (χ0) is 13.0. The van der Waals surface area contributed by atoms with Crippen molar-refractivity contribution < 1.29 is 19.1 Å². The molecule has 1 N–H and O–H groups in total. The van der Waals surface area contributed by atoms with Crippen LogP contribution >= 0.6 is 0 Å². The van der Waals surface area contributed by atoms with Gasteiger partial charge in [0.15, 0.2) is 0 Å². The third-order valence-electron chi connectivity index (χ3n) is 3.17. The smallest absolute Gasteiger partial charge is 0.323 e.